The van der Waals surface area contributed by atoms with Gasteiger partial charge in [-0.2, -0.15) is 0 Å². The summed E-state index contributed by atoms with van der Waals surface area (Å²) in [7, 11) is 1.75. The second-order valence-corrected chi connectivity index (χ2v) is 9.48. The number of carbonyl (C=O) groups excluding carboxylic acids is 2. The third kappa shape index (κ3) is 5.66. The van der Waals surface area contributed by atoms with E-state index in [0.717, 1.165) is 23.2 Å². The lowest BCUT2D eigenvalue weighted by molar-refractivity contribution is -0.133. The van der Waals surface area contributed by atoms with E-state index in [9.17, 15) is 18.4 Å². The van der Waals surface area contributed by atoms with Crippen LogP contribution in [0, 0.1) is 24.5 Å². The Hall–Kier alpha value is -3.48. The van der Waals surface area contributed by atoms with Crippen molar-refractivity contribution >= 4 is 11.8 Å². The maximum Gasteiger partial charge on any atom is 0.253 e. The fourth-order valence-corrected chi connectivity index (χ4v) is 5.00. The second kappa shape index (κ2) is 11.1. The van der Waals surface area contributed by atoms with Crippen molar-refractivity contribution in [1.82, 2.24) is 9.80 Å². The van der Waals surface area contributed by atoms with Gasteiger partial charge < -0.3 is 14.2 Å². The standard InChI is InChI=1S/C29H32F2N2O3/c1-4-28(34)32(3)26(17-23-10-11-24(30)18-25(23)31)20-13-15-33(16-14-20)29(35)22-8-6-21(7-9-22)27-12-5-19(2)36-27/h5-12,18,20,26H,4,13-17H2,1-3H3. The van der Waals surface area contributed by atoms with Crippen LogP contribution in [0.5, 0.6) is 0 Å². The van der Waals surface area contributed by atoms with Crippen LogP contribution >= 0.6 is 0 Å². The number of aryl methyl sites for hydroxylation is 1. The average molecular weight is 495 g/mol. The van der Waals surface area contributed by atoms with E-state index in [1.165, 1.54) is 12.1 Å². The quantitative estimate of drug-likeness (QED) is 0.413. The number of hydrogen-bond donors (Lipinski definition) is 0. The zero-order chi connectivity index (χ0) is 25.8. The lowest BCUT2D eigenvalue weighted by Crippen LogP contribution is -2.48. The predicted molar refractivity (Wildman–Crippen MR) is 134 cm³/mol. The molecule has 4 rings (SSSR count). The summed E-state index contributed by atoms with van der Waals surface area (Å²) in [5, 5.41) is 0. The normalized spacial score (nSPS) is 15.1. The summed E-state index contributed by atoms with van der Waals surface area (Å²) >= 11 is 0. The number of likely N-dealkylation sites (N-methyl/N-ethyl adjacent to an activating group) is 1. The van der Waals surface area contributed by atoms with E-state index in [2.05, 4.69) is 0 Å². The first-order valence-corrected chi connectivity index (χ1v) is 12.4. The minimum atomic E-state index is -0.620. The number of rotatable bonds is 7. The van der Waals surface area contributed by atoms with Gasteiger partial charge >= 0.3 is 0 Å². The lowest BCUT2D eigenvalue weighted by Gasteiger charge is -2.40. The van der Waals surface area contributed by atoms with E-state index in [4.69, 9.17) is 4.42 Å². The molecule has 1 aromatic heterocycles. The molecule has 0 aliphatic carbocycles. The fourth-order valence-electron chi connectivity index (χ4n) is 5.00. The van der Waals surface area contributed by atoms with E-state index in [1.54, 1.807) is 18.9 Å². The molecule has 1 aliphatic rings. The molecule has 1 unspecified atom stereocenters. The molecule has 1 saturated heterocycles. The highest BCUT2D eigenvalue weighted by atomic mass is 19.1. The Morgan fingerprint density at radius 2 is 1.75 bits per heavy atom. The van der Waals surface area contributed by atoms with Crippen LogP contribution in [0.25, 0.3) is 11.3 Å². The Morgan fingerprint density at radius 3 is 2.33 bits per heavy atom. The van der Waals surface area contributed by atoms with Crippen molar-refractivity contribution in [2.24, 2.45) is 5.92 Å². The van der Waals surface area contributed by atoms with Gasteiger partial charge in [-0.3, -0.25) is 9.59 Å². The first kappa shape index (κ1) is 25.6. The molecule has 1 aliphatic heterocycles. The molecular formula is C29H32F2N2O3. The molecule has 0 bridgehead atoms. The van der Waals surface area contributed by atoms with Crippen molar-refractivity contribution in [3.05, 3.63) is 83.1 Å². The summed E-state index contributed by atoms with van der Waals surface area (Å²) in [6, 6.07) is 14.6. The van der Waals surface area contributed by atoms with Gasteiger partial charge in [0.1, 0.15) is 23.2 Å². The Balaban J connectivity index is 1.43. The number of piperidine rings is 1. The van der Waals surface area contributed by atoms with Crippen LogP contribution in [-0.4, -0.2) is 47.8 Å². The summed E-state index contributed by atoms with van der Waals surface area (Å²) in [6.45, 7) is 4.80. The number of furan rings is 1. The van der Waals surface area contributed by atoms with Crippen molar-refractivity contribution in [2.75, 3.05) is 20.1 Å². The van der Waals surface area contributed by atoms with Crippen LogP contribution in [0.3, 0.4) is 0 Å². The van der Waals surface area contributed by atoms with Gasteiger partial charge in [0, 0.05) is 49.8 Å². The van der Waals surface area contributed by atoms with E-state index < -0.39 is 11.6 Å². The first-order valence-electron chi connectivity index (χ1n) is 12.4. The predicted octanol–water partition coefficient (Wildman–Crippen LogP) is 5.87. The minimum Gasteiger partial charge on any atom is -0.461 e. The van der Waals surface area contributed by atoms with Crippen LogP contribution in [0.4, 0.5) is 8.78 Å². The van der Waals surface area contributed by atoms with Gasteiger partial charge in [-0.15, -0.1) is 0 Å². The minimum absolute atomic E-state index is 0.0205. The third-order valence-corrected chi connectivity index (χ3v) is 7.17. The number of carbonyl (C=O) groups is 2. The third-order valence-electron chi connectivity index (χ3n) is 7.17. The number of amides is 2. The lowest BCUT2D eigenvalue weighted by atomic mass is 9.84. The topological polar surface area (TPSA) is 53.8 Å². The summed E-state index contributed by atoms with van der Waals surface area (Å²) in [6.07, 6.45) is 2.05. The van der Waals surface area contributed by atoms with Crippen molar-refractivity contribution in [3.8, 4) is 11.3 Å². The Bertz CT molecular complexity index is 1210. The molecule has 1 fully saturated rings. The molecular weight excluding hydrogens is 462 g/mol. The summed E-state index contributed by atoms with van der Waals surface area (Å²) in [5.41, 5.74) is 1.92. The molecule has 0 spiro atoms. The molecule has 0 saturated carbocycles. The molecule has 5 nitrogen and oxygen atoms in total. The van der Waals surface area contributed by atoms with Gasteiger partial charge in [-0.25, -0.2) is 8.78 Å². The van der Waals surface area contributed by atoms with Crippen LogP contribution in [0.1, 0.15) is 47.9 Å². The molecule has 2 amide bonds. The highest BCUT2D eigenvalue weighted by Crippen LogP contribution is 2.29. The zero-order valence-corrected chi connectivity index (χ0v) is 21.0. The highest BCUT2D eigenvalue weighted by molar-refractivity contribution is 5.94. The van der Waals surface area contributed by atoms with E-state index in [-0.39, 0.29) is 23.8 Å². The molecule has 36 heavy (non-hydrogen) atoms. The number of halogens is 2. The second-order valence-electron chi connectivity index (χ2n) is 9.48. The SMILES string of the molecule is CCC(=O)N(C)C(Cc1ccc(F)cc1F)C1CCN(C(=O)c2ccc(-c3ccc(C)o3)cc2)CC1. The molecule has 2 aromatic carbocycles. The van der Waals surface area contributed by atoms with Crippen LogP contribution in [0.15, 0.2) is 59.0 Å². The molecule has 1 atom stereocenters. The van der Waals surface area contributed by atoms with Crippen molar-refractivity contribution in [3.63, 3.8) is 0 Å². The van der Waals surface area contributed by atoms with Gasteiger partial charge in [-0.05, 0) is 68.0 Å². The van der Waals surface area contributed by atoms with Crippen molar-refractivity contribution in [1.29, 1.82) is 0 Å². The van der Waals surface area contributed by atoms with E-state index in [1.807, 2.05) is 48.2 Å². The number of hydrogen-bond acceptors (Lipinski definition) is 3. The molecule has 0 N–H and O–H groups in total. The van der Waals surface area contributed by atoms with Crippen LogP contribution < -0.4 is 0 Å². The highest BCUT2D eigenvalue weighted by Gasteiger charge is 2.33. The zero-order valence-electron chi connectivity index (χ0n) is 21.0. The largest absolute Gasteiger partial charge is 0.461 e. The maximum atomic E-state index is 14.4. The first-order chi connectivity index (χ1) is 17.3. The van der Waals surface area contributed by atoms with Crippen molar-refractivity contribution < 1.29 is 22.8 Å². The summed E-state index contributed by atoms with van der Waals surface area (Å²) in [5.74, 6) is 0.427. The molecule has 190 valence electrons. The summed E-state index contributed by atoms with van der Waals surface area (Å²) < 4.78 is 33.5. The van der Waals surface area contributed by atoms with Gasteiger partial charge in [0.25, 0.3) is 5.91 Å². The summed E-state index contributed by atoms with van der Waals surface area (Å²) in [4.78, 5) is 29.2. The molecule has 3 aromatic rings. The van der Waals surface area contributed by atoms with Crippen LogP contribution in [-0.2, 0) is 11.2 Å². The number of likely N-dealkylation sites (tertiary alicyclic amines) is 1. The molecule has 0 radical (unpaired) electrons. The Morgan fingerprint density at radius 1 is 1.06 bits per heavy atom. The van der Waals surface area contributed by atoms with Crippen LogP contribution in [0.2, 0.25) is 0 Å². The Labute approximate surface area is 210 Å². The molecule has 7 heteroatoms. The Kier molecular flexibility index (Phi) is 7.87. The van der Waals surface area contributed by atoms with Gasteiger partial charge in [0.05, 0.1) is 0 Å². The maximum absolute atomic E-state index is 14.4. The smallest absolute Gasteiger partial charge is 0.253 e. The average Bonchev–Trinajstić information content (AvgIpc) is 3.33. The molecule has 2 heterocycles. The van der Waals surface area contributed by atoms with Gasteiger partial charge in [-0.1, -0.05) is 25.1 Å². The van der Waals surface area contributed by atoms with Crippen molar-refractivity contribution in [2.45, 2.75) is 45.6 Å². The van der Waals surface area contributed by atoms with E-state index >= 15 is 0 Å². The fraction of sp³-hybridized carbons (Fsp3) is 0.379. The van der Waals surface area contributed by atoms with Gasteiger partial charge in [0.15, 0.2) is 0 Å². The number of benzene rings is 2. The van der Waals surface area contributed by atoms with Gasteiger partial charge in [0.2, 0.25) is 5.91 Å². The number of nitrogens with zero attached hydrogens (tertiary/aromatic N) is 2. The monoisotopic (exact) mass is 494 g/mol. The van der Waals surface area contributed by atoms with E-state index in [0.29, 0.717) is 49.9 Å².